The van der Waals surface area contributed by atoms with Gasteiger partial charge in [0.05, 0.1) is 17.4 Å². The van der Waals surface area contributed by atoms with Crippen LogP contribution in [0.4, 0.5) is 11.5 Å². The zero-order valence-electron chi connectivity index (χ0n) is 10.6. The summed E-state index contributed by atoms with van der Waals surface area (Å²) in [6.45, 7) is 4.11. The summed E-state index contributed by atoms with van der Waals surface area (Å²) in [6, 6.07) is 1.58. The number of carboxylic acids is 1. The van der Waals surface area contributed by atoms with Gasteiger partial charge in [-0.15, -0.1) is 0 Å². The lowest BCUT2D eigenvalue weighted by atomic mass is 10.0. The fourth-order valence-corrected chi connectivity index (χ4v) is 2.31. The number of anilines is 2. The Kier molecular flexibility index (Phi) is 3.69. The van der Waals surface area contributed by atoms with E-state index in [1.807, 2.05) is 0 Å². The van der Waals surface area contributed by atoms with E-state index in [2.05, 4.69) is 16.8 Å². The third-order valence-electron chi connectivity index (χ3n) is 3.49. The molecule has 0 amide bonds. The zero-order chi connectivity index (χ0) is 13.1. The van der Waals surface area contributed by atoms with Crippen LogP contribution in [0.5, 0.6) is 0 Å². The Morgan fingerprint density at radius 3 is 3.00 bits per heavy atom. The van der Waals surface area contributed by atoms with Crippen molar-refractivity contribution in [2.75, 3.05) is 23.7 Å². The predicted molar refractivity (Wildman–Crippen MR) is 70.8 cm³/mol. The number of rotatable bonds is 2. The van der Waals surface area contributed by atoms with Crippen LogP contribution in [0.25, 0.3) is 0 Å². The van der Waals surface area contributed by atoms with Crippen molar-refractivity contribution in [3.05, 3.63) is 17.8 Å². The zero-order valence-corrected chi connectivity index (χ0v) is 10.6. The molecule has 1 fully saturated rings. The van der Waals surface area contributed by atoms with E-state index < -0.39 is 5.97 Å². The number of aromatic carboxylic acids is 1. The van der Waals surface area contributed by atoms with Crippen molar-refractivity contribution in [3.63, 3.8) is 0 Å². The first-order chi connectivity index (χ1) is 8.58. The van der Waals surface area contributed by atoms with Gasteiger partial charge in [-0.05, 0) is 31.2 Å². The highest BCUT2D eigenvalue weighted by atomic mass is 16.4. The molecule has 1 aromatic heterocycles. The second-order valence-corrected chi connectivity index (χ2v) is 4.96. The third-order valence-corrected chi connectivity index (χ3v) is 3.49. The minimum absolute atomic E-state index is 0.136. The van der Waals surface area contributed by atoms with Crippen LogP contribution in [0.2, 0.25) is 0 Å². The van der Waals surface area contributed by atoms with Crippen LogP contribution < -0.4 is 10.6 Å². The summed E-state index contributed by atoms with van der Waals surface area (Å²) >= 11 is 0. The molecule has 0 aliphatic carbocycles. The molecule has 3 N–H and O–H groups in total. The van der Waals surface area contributed by atoms with E-state index in [-0.39, 0.29) is 11.3 Å². The topological polar surface area (TPSA) is 79.5 Å². The second kappa shape index (κ2) is 5.25. The number of hydrogen-bond donors (Lipinski definition) is 2. The third kappa shape index (κ3) is 2.72. The van der Waals surface area contributed by atoms with E-state index in [0.717, 1.165) is 37.7 Å². The monoisotopic (exact) mass is 249 g/mol. The van der Waals surface area contributed by atoms with Gasteiger partial charge in [0.1, 0.15) is 5.82 Å². The first kappa shape index (κ1) is 12.7. The molecule has 1 aliphatic heterocycles. The number of aromatic nitrogens is 1. The maximum atomic E-state index is 11.1. The average molecular weight is 249 g/mol. The minimum atomic E-state index is -1.00. The second-order valence-electron chi connectivity index (χ2n) is 4.96. The van der Waals surface area contributed by atoms with Gasteiger partial charge >= 0.3 is 5.97 Å². The lowest BCUT2D eigenvalue weighted by Gasteiger charge is -2.22. The molecule has 0 saturated carbocycles. The molecule has 5 nitrogen and oxygen atoms in total. The van der Waals surface area contributed by atoms with Crippen LogP contribution in [-0.2, 0) is 0 Å². The van der Waals surface area contributed by atoms with Gasteiger partial charge in [-0.1, -0.05) is 6.92 Å². The standard InChI is InChI=1S/C13H19N3O2/c1-9-3-2-5-16(6-4-9)12-7-10(13(17)18)11(14)8-15-12/h7-9H,2-6,14H2,1H3,(H,17,18). The summed E-state index contributed by atoms with van der Waals surface area (Å²) < 4.78 is 0. The number of hydrogen-bond acceptors (Lipinski definition) is 4. The maximum Gasteiger partial charge on any atom is 0.337 e. The quantitative estimate of drug-likeness (QED) is 0.838. The molecular formula is C13H19N3O2. The molecule has 0 bridgehead atoms. The van der Waals surface area contributed by atoms with Crippen molar-refractivity contribution < 1.29 is 9.90 Å². The Labute approximate surface area is 107 Å². The fraction of sp³-hybridized carbons (Fsp3) is 0.538. The van der Waals surface area contributed by atoms with Gasteiger partial charge in [-0.25, -0.2) is 9.78 Å². The maximum absolute atomic E-state index is 11.1. The van der Waals surface area contributed by atoms with Crippen LogP contribution in [0.1, 0.15) is 36.5 Å². The summed E-state index contributed by atoms with van der Waals surface area (Å²) in [6.07, 6.45) is 4.90. The lowest BCUT2D eigenvalue weighted by Crippen LogP contribution is -2.25. The summed E-state index contributed by atoms with van der Waals surface area (Å²) in [7, 11) is 0. The van der Waals surface area contributed by atoms with Gasteiger partial charge < -0.3 is 15.7 Å². The first-order valence-corrected chi connectivity index (χ1v) is 6.31. The number of carbonyl (C=O) groups is 1. The highest BCUT2D eigenvalue weighted by molar-refractivity contribution is 5.94. The van der Waals surface area contributed by atoms with Gasteiger partial charge in [0.2, 0.25) is 0 Å². The number of nitrogens with zero attached hydrogens (tertiary/aromatic N) is 2. The number of nitrogen functional groups attached to an aromatic ring is 1. The van der Waals surface area contributed by atoms with Crippen LogP contribution in [0.3, 0.4) is 0 Å². The summed E-state index contributed by atoms with van der Waals surface area (Å²) in [4.78, 5) is 17.4. The molecule has 98 valence electrons. The van der Waals surface area contributed by atoms with Crippen molar-refractivity contribution in [2.24, 2.45) is 5.92 Å². The average Bonchev–Trinajstić information content (AvgIpc) is 2.54. The molecule has 2 rings (SSSR count). The van der Waals surface area contributed by atoms with Crippen molar-refractivity contribution in [1.29, 1.82) is 0 Å². The molecule has 2 heterocycles. The van der Waals surface area contributed by atoms with Crippen LogP contribution in [-0.4, -0.2) is 29.1 Å². The van der Waals surface area contributed by atoms with Crippen molar-refractivity contribution >= 4 is 17.5 Å². The molecule has 1 atom stereocenters. The van der Waals surface area contributed by atoms with Crippen molar-refractivity contribution in [2.45, 2.75) is 26.2 Å². The Hall–Kier alpha value is -1.78. The van der Waals surface area contributed by atoms with Crippen LogP contribution in [0, 0.1) is 5.92 Å². The molecule has 5 heteroatoms. The summed E-state index contributed by atoms with van der Waals surface area (Å²) in [5, 5.41) is 9.06. The molecule has 1 saturated heterocycles. The Balaban J connectivity index is 2.22. The first-order valence-electron chi connectivity index (χ1n) is 6.31. The van der Waals surface area contributed by atoms with E-state index in [9.17, 15) is 4.79 Å². The Morgan fingerprint density at radius 2 is 2.28 bits per heavy atom. The van der Waals surface area contributed by atoms with Gasteiger partial charge in [0.25, 0.3) is 0 Å². The van der Waals surface area contributed by atoms with E-state index in [1.165, 1.54) is 12.6 Å². The van der Waals surface area contributed by atoms with Crippen molar-refractivity contribution in [3.8, 4) is 0 Å². The molecule has 0 aromatic carbocycles. The summed E-state index contributed by atoms with van der Waals surface area (Å²) in [5.74, 6) is 0.442. The molecule has 0 radical (unpaired) electrons. The largest absolute Gasteiger partial charge is 0.478 e. The molecule has 1 aromatic rings. The molecule has 18 heavy (non-hydrogen) atoms. The highest BCUT2D eigenvalue weighted by Crippen LogP contribution is 2.23. The Morgan fingerprint density at radius 1 is 1.50 bits per heavy atom. The normalized spacial score (nSPS) is 20.5. The molecular weight excluding hydrogens is 230 g/mol. The molecule has 0 spiro atoms. The van der Waals surface area contributed by atoms with Crippen LogP contribution >= 0.6 is 0 Å². The van der Waals surface area contributed by atoms with Gasteiger partial charge in [0.15, 0.2) is 0 Å². The highest BCUT2D eigenvalue weighted by Gasteiger charge is 2.17. The predicted octanol–water partition coefficient (Wildman–Crippen LogP) is 1.99. The minimum Gasteiger partial charge on any atom is -0.478 e. The molecule has 1 unspecified atom stereocenters. The number of pyridine rings is 1. The van der Waals surface area contributed by atoms with Gasteiger partial charge in [-0.2, -0.15) is 0 Å². The molecule has 1 aliphatic rings. The van der Waals surface area contributed by atoms with Gasteiger partial charge in [-0.3, -0.25) is 0 Å². The summed E-state index contributed by atoms with van der Waals surface area (Å²) in [5.41, 5.74) is 5.96. The van der Waals surface area contributed by atoms with Crippen molar-refractivity contribution in [1.82, 2.24) is 4.98 Å². The number of nitrogens with two attached hydrogens (primary N) is 1. The fourth-order valence-electron chi connectivity index (χ4n) is 2.31. The van der Waals surface area contributed by atoms with E-state index in [1.54, 1.807) is 6.07 Å². The Bertz CT molecular complexity index is 448. The smallest absolute Gasteiger partial charge is 0.337 e. The van der Waals surface area contributed by atoms with E-state index in [4.69, 9.17) is 10.8 Å². The lowest BCUT2D eigenvalue weighted by molar-refractivity contribution is 0.0698. The van der Waals surface area contributed by atoms with E-state index in [0.29, 0.717) is 0 Å². The van der Waals surface area contributed by atoms with Gasteiger partial charge in [0, 0.05) is 13.1 Å². The van der Waals surface area contributed by atoms with E-state index >= 15 is 0 Å². The van der Waals surface area contributed by atoms with Crippen LogP contribution in [0.15, 0.2) is 12.3 Å². The number of carboxylic acid groups (broad SMARTS) is 1. The SMILES string of the molecule is CC1CCCN(c2cc(C(=O)O)c(N)cn2)CC1.